The van der Waals surface area contributed by atoms with Crippen LogP contribution in [-0.4, -0.2) is 22.7 Å². The van der Waals surface area contributed by atoms with Gasteiger partial charge in [0.15, 0.2) is 0 Å². The minimum Gasteiger partial charge on any atom is -0.286 e. The molecule has 0 aromatic carbocycles. The van der Waals surface area contributed by atoms with Crippen LogP contribution < -0.4 is 0 Å². The molecule has 1 N–H and O–H groups in total. The summed E-state index contributed by atoms with van der Waals surface area (Å²) in [6.07, 6.45) is 1.65. The summed E-state index contributed by atoms with van der Waals surface area (Å²) >= 11 is 0. The van der Waals surface area contributed by atoms with Gasteiger partial charge in [-0.1, -0.05) is 13.8 Å². The number of hydrogen-bond donors (Lipinski definition) is 1. The molecular formula is C7H14NO2. The number of carbonyl (C=O) groups excluding carboxylic acids is 1. The van der Waals surface area contributed by atoms with Crippen LogP contribution in [0.3, 0.4) is 0 Å². The Balaban J connectivity index is 3.49. The van der Waals surface area contributed by atoms with Gasteiger partial charge < -0.3 is 0 Å². The van der Waals surface area contributed by atoms with Crippen molar-refractivity contribution in [2.24, 2.45) is 0 Å². The average Bonchev–Trinajstić information content (AvgIpc) is 1.89. The molecule has 0 bridgehead atoms. The highest BCUT2D eigenvalue weighted by Crippen LogP contribution is 1.94. The van der Waals surface area contributed by atoms with Gasteiger partial charge in [-0.2, -0.15) is 0 Å². The Bertz CT molecular complexity index is 104. The first-order valence-electron chi connectivity index (χ1n) is 3.50. The van der Waals surface area contributed by atoms with Crippen LogP contribution in [0.5, 0.6) is 0 Å². The van der Waals surface area contributed by atoms with Gasteiger partial charge in [0.2, 0.25) is 5.91 Å². The van der Waals surface area contributed by atoms with Gasteiger partial charge in [-0.15, -0.1) is 0 Å². The SMILES string of the molecule is [CH2]CCC(=O)N(O)CCC. The van der Waals surface area contributed by atoms with Crippen molar-refractivity contribution in [1.82, 2.24) is 5.06 Å². The predicted octanol–water partition coefficient (Wildman–Crippen LogP) is 1.23. The Kier molecular flexibility index (Phi) is 4.94. The molecule has 59 valence electrons. The molecule has 0 aromatic rings. The number of nitrogens with zero attached hydrogens (tertiary/aromatic N) is 1. The lowest BCUT2D eigenvalue weighted by atomic mass is 10.3. The van der Waals surface area contributed by atoms with Crippen LogP contribution in [0.2, 0.25) is 0 Å². The van der Waals surface area contributed by atoms with Gasteiger partial charge in [0.1, 0.15) is 0 Å². The fourth-order valence-electron chi connectivity index (χ4n) is 0.617. The molecule has 0 unspecified atom stereocenters. The largest absolute Gasteiger partial charge is 0.286 e. The van der Waals surface area contributed by atoms with E-state index in [0.717, 1.165) is 11.5 Å². The molecule has 0 heterocycles. The van der Waals surface area contributed by atoms with Gasteiger partial charge in [-0.05, 0) is 12.8 Å². The predicted molar refractivity (Wildman–Crippen MR) is 38.4 cm³/mol. The normalized spacial score (nSPS) is 9.50. The number of rotatable bonds is 4. The summed E-state index contributed by atoms with van der Waals surface area (Å²) in [7, 11) is 0. The zero-order valence-electron chi connectivity index (χ0n) is 6.34. The van der Waals surface area contributed by atoms with Crippen molar-refractivity contribution in [3.05, 3.63) is 6.92 Å². The first-order valence-corrected chi connectivity index (χ1v) is 3.50. The van der Waals surface area contributed by atoms with Gasteiger partial charge in [0, 0.05) is 13.0 Å². The van der Waals surface area contributed by atoms with Crippen LogP contribution in [-0.2, 0) is 4.79 Å². The highest BCUT2D eigenvalue weighted by atomic mass is 16.5. The molecule has 10 heavy (non-hydrogen) atoms. The molecule has 0 saturated heterocycles. The Hall–Kier alpha value is -0.570. The second kappa shape index (κ2) is 5.23. The monoisotopic (exact) mass is 144 g/mol. The van der Waals surface area contributed by atoms with Crippen molar-refractivity contribution >= 4 is 5.91 Å². The topological polar surface area (TPSA) is 40.5 Å². The van der Waals surface area contributed by atoms with Crippen LogP contribution in [0.15, 0.2) is 0 Å². The molecule has 0 fully saturated rings. The van der Waals surface area contributed by atoms with E-state index in [9.17, 15) is 4.79 Å². The molecule has 0 saturated carbocycles. The minimum absolute atomic E-state index is 0.239. The van der Waals surface area contributed by atoms with Crippen molar-refractivity contribution in [3.8, 4) is 0 Å². The molecule has 3 heteroatoms. The lowest BCUT2D eigenvalue weighted by molar-refractivity contribution is -0.165. The lowest BCUT2D eigenvalue weighted by Crippen LogP contribution is -2.27. The summed E-state index contributed by atoms with van der Waals surface area (Å²) in [5, 5.41) is 9.66. The molecular weight excluding hydrogens is 130 g/mol. The molecule has 0 aliphatic heterocycles. The zero-order chi connectivity index (χ0) is 7.98. The summed E-state index contributed by atoms with van der Waals surface area (Å²) in [6.45, 7) is 5.83. The molecule has 0 aromatic heterocycles. The van der Waals surface area contributed by atoms with Crippen LogP contribution in [0.25, 0.3) is 0 Å². The maximum absolute atomic E-state index is 10.8. The van der Waals surface area contributed by atoms with Gasteiger partial charge in [-0.25, -0.2) is 5.06 Å². The van der Waals surface area contributed by atoms with E-state index in [2.05, 4.69) is 6.92 Å². The number of hydrogen-bond acceptors (Lipinski definition) is 2. The average molecular weight is 144 g/mol. The smallest absolute Gasteiger partial charge is 0.245 e. The van der Waals surface area contributed by atoms with E-state index in [1.807, 2.05) is 6.92 Å². The van der Waals surface area contributed by atoms with Crippen molar-refractivity contribution in [3.63, 3.8) is 0 Å². The third kappa shape index (κ3) is 3.45. The molecule has 0 atom stereocenters. The second-order valence-electron chi connectivity index (χ2n) is 2.12. The number of amides is 1. The summed E-state index contributed by atoms with van der Waals surface area (Å²) in [5.41, 5.74) is 0. The van der Waals surface area contributed by atoms with E-state index in [1.54, 1.807) is 0 Å². The standard InChI is InChI=1S/C7H14NO2/c1-3-5-7(9)8(10)6-4-2/h10H,1,3-6H2,2H3. The second-order valence-corrected chi connectivity index (χ2v) is 2.12. The number of carbonyl (C=O) groups is 1. The Morgan fingerprint density at radius 1 is 1.70 bits per heavy atom. The van der Waals surface area contributed by atoms with Crippen molar-refractivity contribution in [1.29, 1.82) is 0 Å². The molecule has 1 radical (unpaired) electrons. The number of hydroxylamine groups is 2. The highest BCUT2D eigenvalue weighted by Gasteiger charge is 2.06. The van der Waals surface area contributed by atoms with E-state index in [4.69, 9.17) is 5.21 Å². The van der Waals surface area contributed by atoms with Crippen LogP contribution in [0.4, 0.5) is 0 Å². The molecule has 0 spiro atoms. The maximum Gasteiger partial charge on any atom is 0.245 e. The molecule has 0 rings (SSSR count). The fraction of sp³-hybridized carbons (Fsp3) is 0.714. The maximum atomic E-state index is 10.8. The van der Waals surface area contributed by atoms with Crippen molar-refractivity contribution in [2.45, 2.75) is 26.2 Å². The Morgan fingerprint density at radius 3 is 2.70 bits per heavy atom. The van der Waals surface area contributed by atoms with Gasteiger partial charge >= 0.3 is 0 Å². The van der Waals surface area contributed by atoms with E-state index >= 15 is 0 Å². The Morgan fingerprint density at radius 2 is 2.30 bits per heavy atom. The summed E-state index contributed by atoms with van der Waals surface area (Å²) in [5.74, 6) is -0.239. The molecule has 3 nitrogen and oxygen atoms in total. The van der Waals surface area contributed by atoms with Crippen molar-refractivity contribution in [2.75, 3.05) is 6.54 Å². The zero-order valence-corrected chi connectivity index (χ0v) is 6.34. The Labute approximate surface area is 61.6 Å². The fourth-order valence-corrected chi connectivity index (χ4v) is 0.617. The molecule has 0 aliphatic carbocycles. The van der Waals surface area contributed by atoms with Crippen molar-refractivity contribution < 1.29 is 10.0 Å². The third-order valence-corrected chi connectivity index (χ3v) is 1.11. The van der Waals surface area contributed by atoms with Crippen LogP contribution in [0, 0.1) is 6.92 Å². The minimum atomic E-state index is -0.239. The molecule has 0 aliphatic rings. The summed E-state index contributed by atoms with van der Waals surface area (Å²) in [4.78, 5) is 10.8. The quantitative estimate of drug-likeness (QED) is 0.476. The van der Waals surface area contributed by atoms with Gasteiger partial charge in [0.25, 0.3) is 0 Å². The molecule has 1 amide bonds. The van der Waals surface area contributed by atoms with E-state index in [-0.39, 0.29) is 5.91 Å². The van der Waals surface area contributed by atoms with E-state index in [1.165, 1.54) is 0 Å². The first-order chi connectivity index (χ1) is 4.72. The van der Waals surface area contributed by atoms with Gasteiger partial charge in [-0.3, -0.25) is 10.0 Å². The van der Waals surface area contributed by atoms with Crippen LogP contribution in [0.1, 0.15) is 26.2 Å². The first kappa shape index (κ1) is 9.43. The summed E-state index contributed by atoms with van der Waals surface area (Å²) < 4.78 is 0. The van der Waals surface area contributed by atoms with E-state index in [0.29, 0.717) is 19.4 Å². The highest BCUT2D eigenvalue weighted by molar-refractivity contribution is 5.74. The summed E-state index contributed by atoms with van der Waals surface area (Å²) in [6, 6.07) is 0. The third-order valence-electron chi connectivity index (χ3n) is 1.11. The van der Waals surface area contributed by atoms with E-state index < -0.39 is 0 Å². The van der Waals surface area contributed by atoms with Gasteiger partial charge in [0.05, 0.1) is 0 Å². The lowest BCUT2D eigenvalue weighted by Gasteiger charge is -2.12. The van der Waals surface area contributed by atoms with Crippen LogP contribution >= 0.6 is 0 Å².